The standard InChI is InChI=1S/C29H44N2O2/c1-3-4-5-6-7-8-9-10-11-12-13-14-15-16-17-22-29(32)31-25-23-30(24-26-31)27-20-18-19-21-28(27)33-2/h10-11,13-14,16-21H,3-9,12,15,22-26H2,1-2H3/b11-10-,14-13-,17-16-. The lowest BCUT2D eigenvalue weighted by Crippen LogP contribution is -2.48. The van der Waals surface area contributed by atoms with Crippen LogP contribution in [0.1, 0.15) is 71.1 Å². The van der Waals surface area contributed by atoms with Crippen LogP contribution in [0.3, 0.4) is 0 Å². The van der Waals surface area contributed by atoms with Crippen LogP contribution in [0.25, 0.3) is 0 Å². The molecule has 4 heteroatoms. The number of carbonyl (C=O) groups is 1. The van der Waals surface area contributed by atoms with E-state index in [2.05, 4.69) is 48.3 Å². The Morgan fingerprint density at radius 2 is 1.48 bits per heavy atom. The molecule has 1 fully saturated rings. The second-order valence-corrected chi connectivity index (χ2v) is 8.69. The van der Waals surface area contributed by atoms with Crippen molar-refractivity contribution in [2.45, 2.75) is 71.1 Å². The number of para-hydroxylation sites is 2. The van der Waals surface area contributed by atoms with E-state index in [1.807, 2.05) is 29.2 Å². The van der Waals surface area contributed by atoms with E-state index in [9.17, 15) is 4.79 Å². The minimum Gasteiger partial charge on any atom is -0.495 e. The average Bonchev–Trinajstić information content (AvgIpc) is 2.86. The van der Waals surface area contributed by atoms with Gasteiger partial charge in [-0.2, -0.15) is 0 Å². The van der Waals surface area contributed by atoms with Crippen molar-refractivity contribution in [2.75, 3.05) is 38.2 Å². The van der Waals surface area contributed by atoms with Gasteiger partial charge in [-0.3, -0.25) is 4.79 Å². The summed E-state index contributed by atoms with van der Waals surface area (Å²) in [4.78, 5) is 16.8. The number of amides is 1. The number of hydrogen-bond donors (Lipinski definition) is 0. The Balaban J connectivity index is 1.53. The number of piperazine rings is 1. The Morgan fingerprint density at radius 1 is 0.848 bits per heavy atom. The number of carbonyl (C=O) groups excluding carboxylic acids is 1. The third kappa shape index (κ3) is 10.8. The van der Waals surface area contributed by atoms with Gasteiger partial charge in [0, 0.05) is 32.6 Å². The predicted octanol–water partition coefficient (Wildman–Crippen LogP) is 6.93. The lowest BCUT2D eigenvalue weighted by Gasteiger charge is -2.36. The Kier molecular flexibility index (Phi) is 13.8. The first-order valence-corrected chi connectivity index (χ1v) is 12.9. The van der Waals surface area contributed by atoms with Crippen LogP contribution in [-0.4, -0.2) is 44.1 Å². The van der Waals surface area contributed by atoms with E-state index in [0.29, 0.717) is 6.42 Å². The number of benzene rings is 1. The van der Waals surface area contributed by atoms with Gasteiger partial charge in [0.25, 0.3) is 0 Å². The van der Waals surface area contributed by atoms with Crippen LogP contribution < -0.4 is 9.64 Å². The number of methoxy groups -OCH3 is 1. The number of ether oxygens (including phenoxy) is 1. The summed E-state index contributed by atoms with van der Waals surface area (Å²) in [6.45, 7) is 5.46. The van der Waals surface area contributed by atoms with E-state index in [0.717, 1.165) is 50.5 Å². The molecule has 33 heavy (non-hydrogen) atoms. The van der Waals surface area contributed by atoms with Gasteiger partial charge in [0.1, 0.15) is 5.75 Å². The Morgan fingerprint density at radius 3 is 2.21 bits per heavy atom. The van der Waals surface area contributed by atoms with Crippen LogP contribution >= 0.6 is 0 Å². The Labute approximate surface area is 202 Å². The molecule has 2 rings (SSSR count). The lowest BCUT2D eigenvalue weighted by molar-refractivity contribution is -0.130. The van der Waals surface area contributed by atoms with E-state index < -0.39 is 0 Å². The summed E-state index contributed by atoms with van der Waals surface area (Å²) in [5.74, 6) is 1.11. The van der Waals surface area contributed by atoms with Gasteiger partial charge in [-0.1, -0.05) is 87.6 Å². The maximum atomic E-state index is 12.5. The molecule has 0 unspecified atom stereocenters. The highest BCUT2D eigenvalue weighted by Crippen LogP contribution is 2.28. The normalized spacial score (nSPS) is 14.7. The number of nitrogens with zero attached hydrogens (tertiary/aromatic N) is 2. The average molecular weight is 453 g/mol. The first-order valence-electron chi connectivity index (χ1n) is 12.9. The zero-order valence-corrected chi connectivity index (χ0v) is 20.9. The van der Waals surface area contributed by atoms with Gasteiger partial charge in [0.15, 0.2) is 0 Å². The smallest absolute Gasteiger partial charge is 0.226 e. The van der Waals surface area contributed by atoms with Crippen molar-refractivity contribution >= 4 is 11.6 Å². The third-order valence-corrected chi connectivity index (χ3v) is 6.12. The van der Waals surface area contributed by atoms with Gasteiger partial charge in [-0.05, 0) is 37.8 Å². The molecular weight excluding hydrogens is 408 g/mol. The minimum absolute atomic E-state index is 0.215. The van der Waals surface area contributed by atoms with Crippen molar-refractivity contribution in [3.63, 3.8) is 0 Å². The van der Waals surface area contributed by atoms with Gasteiger partial charge in [-0.25, -0.2) is 0 Å². The number of allylic oxidation sites excluding steroid dienone is 5. The van der Waals surface area contributed by atoms with Crippen LogP contribution in [0.4, 0.5) is 5.69 Å². The van der Waals surface area contributed by atoms with Crippen molar-refractivity contribution < 1.29 is 9.53 Å². The van der Waals surface area contributed by atoms with E-state index >= 15 is 0 Å². The van der Waals surface area contributed by atoms with Gasteiger partial charge in [0.2, 0.25) is 5.91 Å². The summed E-state index contributed by atoms with van der Waals surface area (Å²) in [7, 11) is 1.70. The maximum absolute atomic E-state index is 12.5. The molecule has 0 aromatic heterocycles. The van der Waals surface area contributed by atoms with E-state index in [1.54, 1.807) is 7.11 Å². The molecule has 1 aliphatic rings. The van der Waals surface area contributed by atoms with E-state index in [1.165, 1.54) is 44.9 Å². The molecule has 0 atom stereocenters. The Hall–Kier alpha value is -2.49. The molecule has 1 heterocycles. The summed E-state index contributed by atoms with van der Waals surface area (Å²) < 4.78 is 5.47. The monoisotopic (exact) mass is 452 g/mol. The summed E-state index contributed by atoms with van der Waals surface area (Å²) in [5, 5.41) is 0. The maximum Gasteiger partial charge on any atom is 0.226 e. The molecule has 182 valence electrons. The fourth-order valence-electron chi connectivity index (χ4n) is 4.10. The fourth-order valence-corrected chi connectivity index (χ4v) is 4.10. The highest BCUT2D eigenvalue weighted by atomic mass is 16.5. The van der Waals surface area contributed by atoms with Crippen LogP contribution in [0.2, 0.25) is 0 Å². The highest BCUT2D eigenvalue weighted by Gasteiger charge is 2.21. The highest BCUT2D eigenvalue weighted by molar-refractivity contribution is 5.78. The molecule has 0 aliphatic carbocycles. The second kappa shape index (κ2) is 17.0. The Bertz CT molecular complexity index is 746. The molecule has 0 saturated carbocycles. The summed E-state index contributed by atoms with van der Waals surface area (Å²) >= 11 is 0. The van der Waals surface area contributed by atoms with Gasteiger partial charge in [0.05, 0.1) is 12.8 Å². The SMILES string of the molecule is CCCCCCCC/C=C\C/C=C\C/C=C\CC(=O)N1CCN(c2ccccc2OC)CC1. The van der Waals surface area contributed by atoms with Crippen LogP contribution in [0, 0.1) is 0 Å². The van der Waals surface area contributed by atoms with Crippen LogP contribution in [0.5, 0.6) is 5.75 Å². The summed E-state index contributed by atoms with van der Waals surface area (Å²) in [6, 6.07) is 8.08. The molecule has 1 amide bonds. The minimum atomic E-state index is 0.215. The molecule has 0 spiro atoms. The zero-order valence-electron chi connectivity index (χ0n) is 20.9. The second-order valence-electron chi connectivity index (χ2n) is 8.69. The largest absolute Gasteiger partial charge is 0.495 e. The molecular formula is C29H44N2O2. The fraction of sp³-hybridized carbons (Fsp3) is 0.552. The quantitative estimate of drug-likeness (QED) is 0.214. The van der Waals surface area contributed by atoms with Crippen molar-refractivity contribution in [3.8, 4) is 5.75 Å². The molecule has 0 N–H and O–H groups in total. The molecule has 0 bridgehead atoms. The number of hydrogen-bond acceptors (Lipinski definition) is 3. The number of unbranched alkanes of at least 4 members (excludes halogenated alkanes) is 6. The van der Waals surface area contributed by atoms with Crippen molar-refractivity contribution in [2.24, 2.45) is 0 Å². The van der Waals surface area contributed by atoms with E-state index in [-0.39, 0.29) is 5.91 Å². The molecule has 1 saturated heterocycles. The van der Waals surface area contributed by atoms with Crippen LogP contribution in [0.15, 0.2) is 60.7 Å². The van der Waals surface area contributed by atoms with Gasteiger partial charge in [-0.15, -0.1) is 0 Å². The first kappa shape index (κ1) is 26.8. The van der Waals surface area contributed by atoms with E-state index in [4.69, 9.17) is 4.74 Å². The first-order chi connectivity index (χ1) is 16.3. The van der Waals surface area contributed by atoms with Crippen molar-refractivity contribution in [3.05, 3.63) is 60.7 Å². The van der Waals surface area contributed by atoms with Crippen LogP contribution in [-0.2, 0) is 4.79 Å². The van der Waals surface area contributed by atoms with Gasteiger partial charge >= 0.3 is 0 Å². The molecule has 1 aliphatic heterocycles. The lowest BCUT2D eigenvalue weighted by atomic mass is 10.1. The van der Waals surface area contributed by atoms with Crippen molar-refractivity contribution in [1.29, 1.82) is 0 Å². The molecule has 4 nitrogen and oxygen atoms in total. The van der Waals surface area contributed by atoms with Crippen molar-refractivity contribution in [1.82, 2.24) is 4.90 Å². The molecule has 1 aromatic rings. The number of anilines is 1. The number of rotatable bonds is 15. The summed E-state index contributed by atoms with van der Waals surface area (Å²) in [5.41, 5.74) is 1.11. The summed E-state index contributed by atoms with van der Waals surface area (Å²) in [6.07, 6.45) is 24.8. The zero-order chi connectivity index (χ0) is 23.6. The van der Waals surface area contributed by atoms with Gasteiger partial charge < -0.3 is 14.5 Å². The topological polar surface area (TPSA) is 32.8 Å². The third-order valence-electron chi connectivity index (χ3n) is 6.12. The predicted molar refractivity (Wildman–Crippen MR) is 141 cm³/mol. The molecule has 0 radical (unpaired) electrons. The molecule has 1 aromatic carbocycles.